The molecule has 0 aliphatic heterocycles. The van der Waals surface area contributed by atoms with Crippen LogP contribution in [0.2, 0.25) is 0 Å². The third kappa shape index (κ3) is 6.07. The van der Waals surface area contributed by atoms with Gasteiger partial charge in [-0.2, -0.15) is 5.26 Å². The fourth-order valence-corrected chi connectivity index (χ4v) is 3.86. The maximum Gasteiger partial charge on any atom is 0.0991 e. The van der Waals surface area contributed by atoms with E-state index in [-0.39, 0.29) is 0 Å². The molecule has 1 saturated carbocycles. The van der Waals surface area contributed by atoms with Gasteiger partial charge in [0.15, 0.2) is 0 Å². The number of allylic oxidation sites excluding steroid dienone is 1. The zero-order valence-electron chi connectivity index (χ0n) is 19.2. The number of aromatic nitrogens is 1. The Morgan fingerprint density at radius 1 is 1.28 bits per heavy atom. The highest BCUT2D eigenvalue weighted by molar-refractivity contribution is 5.71. The van der Waals surface area contributed by atoms with E-state index in [4.69, 9.17) is 10.2 Å². The molecule has 2 N–H and O–H groups in total. The molecule has 5 nitrogen and oxygen atoms in total. The molecule has 2 aromatic rings. The lowest BCUT2D eigenvalue weighted by atomic mass is 9.97. The largest absolute Gasteiger partial charge is 0.383 e. The Hall–Kier alpha value is -3.39. The molecule has 0 bridgehead atoms. The second-order valence-electron chi connectivity index (χ2n) is 8.60. The number of nitriles is 1. The molecule has 5 heteroatoms. The highest BCUT2D eigenvalue weighted by atomic mass is 14.9. The smallest absolute Gasteiger partial charge is 0.0991 e. The second kappa shape index (κ2) is 10.8. The van der Waals surface area contributed by atoms with Gasteiger partial charge in [0.05, 0.1) is 23.0 Å². The number of aliphatic imine (C=N–C) groups is 1. The lowest BCUT2D eigenvalue weighted by Gasteiger charge is -2.17. The number of nitrogens with one attached hydrogen (secondary N) is 2. The van der Waals surface area contributed by atoms with Gasteiger partial charge in [0.25, 0.3) is 0 Å². The minimum absolute atomic E-state index is 0.346. The van der Waals surface area contributed by atoms with E-state index in [1.165, 1.54) is 12.8 Å². The highest BCUT2D eigenvalue weighted by Crippen LogP contribution is 2.49. The predicted octanol–water partition coefficient (Wildman–Crippen LogP) is 5.51. The highest BCUT2D eigenvalue weighted by Gasteiger charge is 2.41. The van der Waals surface area contributed by atoms with Crippen molar-refractivity contribution >= 4 is 18.5 Å². The molecule has 0 atom stereocenters. The van der Waals surface area contributed by atoms with Crippen LogP contribution in [0.1, 0.15) is 55.5 Å². The van der Waals surface area contributed by atoms with Crippen molar-refractivity contribution in [2.24, 2.45) is 10.4 Å². The van der Waals surface area contributed by atoms with Crippen LogP contribution >= 0.6 is 0 Å². The van der Waals surface area contributed by atoms with Crippen molar-refractivity contribution in [1.82, 2.24) is 10.3 Å². The first-order valence-electron chi connectivity index (χ1n) is 11.2. The number of rotatable bonds is 12. The molecule has 166 valence electrons. The van der Waals surface area contributed by atoms with E-state index in [2.05, 4.69) is 61.0 Å². The molecule has 0 amide bonds. The van der Waals surface area contributed by atoms with Crippen LogP contribution in [-0.4, -0.2) is 24.8 Å². The summed E-state index contributed by atoms with van der Waals surface area (Å²) in [4.78, 5) is 8.83. The van der Waals surface area contributed by atoms with Crippen molar-refractivity contribution < 1.29 is 0 Å². The Kier molecular flexibility index (Phi) is 7.83. The SMILES string of the molecule is C=NCC1(CCc2nccc(/C=C(\C)C(=C)NCc3ccc(C#N)cc3)c2NCC)CC1. The zero-order chi connectivity index (χ0) is 23.0. The van der Waals surface area contributed by atoms with Gasteiger partial charge in [0.2, 0.25) is 0 Å². The average Bonchev–Trinajstić information content (AvgIpc) is 3.58. The van der Waals surface area contributed by atoms with E-state index in [0.29, 0.717) is 17.5 Å². The topological polar surface area (TPSA) is 73.1 Å². The zero-order valence-corrected chi connectivity index (χ0v) is 19.2. The minimum Gasteiger partial charge on any atom is -0.383 e. The van der Waals surface area contributed by atoms with Gasteiger partial charge in [-0.1, -0.05) is 18.7 Å². The standard InChI is InChI=1S/C27H33N5/c1-5-30-26-24(11-15-31-25(26)10-12-27(13-14-27)19-29-4)16-20(2)21(3)32-18-23-8-6-22(17-28)7-9-23/h6-9,11,15-16,30,32H,3-5,10,12-14,18-19H2,1-2H3/b20-16+. The Balaban J connectivity index is 1.70. The van der Waals surface area contributed by atoms with Crippen LogP contribution in [0.4, 0.5) is 5.69 Å². The minimum atomic E-state index is 0.346. The molecule has 0 spiro atoms. The number of anilines is 1. The molecular weight excluding hydrogens is 394 g/mol. The second-order valence-corrected chi connectivity index (χ2v) is 8.60. The van der Waals surface area contributed by atoms with Gasteiger partial charge in [0.1, 0.15) is 0 Å². The summed E-state index contributed by atoms with van der Waals surface area (Å²) in [5.74, 6) is 0. The summed E-state index contributed by atoms with van der Waals surface area (Å²) in [6, 6.07) is 11.8. The molecule has 1 heterocycles. The van der Waals surface area contributed by atoms with Crippen LogP contribution in [-0.2, 0) is 13.0 Å². The summed E-state index contributed by atoms with van der Waals surface area (Å²) in [6.07, 6.45) is 8.58. The summed E-state index contributed by atoms with van der Waals surface area (Å²) < 4.78 is 0. The van der Waals surface area contributed by atoms with E-state index >= 15 is 0 Å². The van der Waals surface area contributed by atoms with Crippen LogP contribution in [0.15, 0.2) is 59.4 Å². The van der Waals surface area contributed by atoms with Crippen molar-refractivity contribution in [3.8, 4) is 6.07 Å². The monoisotopic (exact) mass is 427 g/mol. The van der Waals surface area contributed by atoms with Crippen molar-refractivity contribution in [1.29, 1.82) is 5.26 Å². The Bertz CT molecular complexity index is 1020. The quantitative estimate of drug-likeness (QED) is 0.346. The summed E-state index contributed by atoms with van der Waals surface area (Å²) in [6.45, 7) is 14.4. The molecule has 32 heavy (non-hydrogen) atoms. The van der Waals surface area contributed by atoms with E-state index in [1.807, 2.05) is 30.5 Å². The van der Waals surface area contributed by atoms with Crippen LogP contribution in [0.5, 0.6) is 0 Å². The van der Waals surface area contributed by atoms with Gasteiger partial charge >= 0.3 is 0 Å². The third-order valence-corrected chi connectivity index (χ3v) is 6.15. The van der Waals surface area contributed by atoms with Crippen molar-refractivity contribution in [2.75, 3.05) is 18.4 Å². The summed E-state index contributed by atoms with van der Waals surface area (Å²) in [5, 5.41) is 15.9. The van der Waals surface area contributed by atoms with E-state index in [1.54, 1.807) is 0 Å². The number of aryl methyl sites for hydroxylation is 1. The molecule has 0 radical (unpaired) electrons. The molecule has 1 aromatic heterocycles. The van der Waals surface area contributed by atoms with Crippen LogP contribution in [0, 0.1) is 16.7 Å². The first-order valence-corrected chi connectivity index (χ1v) is 11.2. The van der Waals surface area contributed by atoms with Gasteiger partial charge < -0.3 is 15.6 Å². The number of benzene rings is 1. The Morgan fingerprint density at radius 3 is 2.66 bits per heavy atom. The molecule has 1 aromatic carbocycles. The van der Waals surface area contributed by atoms with Crippen molar-refractivity contribution in [3.05, 3.63) is 76.8 Å². The van der Waals surface area contributed by atoms with Gasteiger partial charge in [-0.15, -0.1) is 0 Å². The van der Waals surface area contributed by atoms with Crippen LogP contribution < -0.4 is 10.6 Å². The first kappa shape index (κ1) is 23.3. The lowest BCUT2D eigenvalue weighted by Crippen LogP contribution is -2.13. The van der Waals surface area contributed by atoms with Crippen molar-refractivity contribution in [2.45, 2.75) is 46.1 Å². The van der Waals surface area contributed by atoms with Crippen molar-refractivity contribution in [3.63, 3.8) is 0 Å². The molecule has 1 aliphatic rings. The summed E-state index contributed by atoms with van der Waals surface area (Å²) >= 11 is 0. The van der Waals surface area contributed by atoms with Gasteiger partial charge in [-0.3, -0.25) is 4.98 Å². The molecule has 0 saturated heterocycles. The van der Waals surface area contributed by atoms with E-state index in [0.717, 1.165) is 59.7 Å². The maximum absolute atomic E-state index is 8.94. The fourth-order valence-electron chi connectivity index (χ4n) is 3.86. The fraction of sp³-hybridized carbons (Fsp3) is 0.370. The Morgan fingerprint density at radius 2 is 2.03 bits per heavy atom. The third-order valence-electron chi connectivity index (χ3n) is 6.15. The van der Waals surface area contributed by atoms with Gasteiger partial charge in [-0.05, 0) is 87.1 Å². The van der Waals surface area contributed by atoms with Crippen LogP contribution in [0.3, 0.4) is 0 Å². The predicted molar refractivity (Wildman–Crippen MR) is 134 cm³/mol. The molecule has 1 fully saturated rings. The molecule has 3 rings (SSSR count). The summed E-state index contributed by atoms with van der Waals surface area (Å²) in [5.41, 5.74) is 7.42. The Labute approximate surface area is 192 Å². The average molecular weight is 428 g/mol. The number of hydrogen-bond acceptors (Lipinski definition) is 5. The summed E-state index contributed by atoms with van der Waals surface area (Å²) in [7, 11) is 0. The first-order chi connectivity index (χ1) is 15.5. The lowest BCUT2D eigenvalue weighted by molar-refractivity contribution is 0.478. The normalized spacial score (nSPS) is 14.3. The number of nitrogens with zero attached hydrogens (tertiary/aromatic N) is 3. The number of pyridine rings is 1. The van der Waals surface area contributed by atoms with E-state index < -0.39 is 0 Å². The maximum atomic E-state index is 8.94. The van der Waals surface area contributed by atoms with Crippen LogP contribution in [0.25, 0.3) is 6.08 Å². The molecule has 0 unspecified atom stereocenters. The van der Waals surface area contributed by atoms with Gasteiger partial charge in [-0.25, -0.2) is 0 Å². The number of hydrogen-bond donors (Lipinski definition) is 2. The van der Waals surface area contributed by atoms with Gasteiger partial charge in [0, 0.05) is 37.1 Å². The molecule has 1 aliphatic carbocycles. The molecular formula is C27H33N5. The van der Waals surface area contributed by atoms with E-state index in [9.17, 15) is 0 Å².